The van der Waals surface area contributed by atoms with Crippen molar-refractivity contribution in [3.05, 3.63) is 81.6 Å². The number of rotatable bonds is 4. The number of thioether (sulfide) groups is 1. The molecule has 1 unspecified atom stereocenters. The molecule has 3 aliphatic heterocycles. The molecule has 2 amide bonds. The van der Waals surface area contributed by atoms with Gasteiger partial charge < -0.3 is 15.4 Å². The van der Waals surface area contributed by atoms with Gasteiger partial charge in [0.15, 0.2) is 0 Å². The molecule has 3 heterocycles. The molecule has 38 heavy (non-hydrogen) atoms. The summed E-state index contributed by atoms with van der Waals surface area (Å²) in [5.74, 6) is 1.11. The van der Waals surface area contributed by atoms with Crippen LogP contribution in [0.3, 0.4) is 0 Å². The van der Waals surface area contributed by atoms with Crippen molar-refractivity contribution in [3.8, 4) is 5.75 Å². The lowest BCUT2D eigenvalue weighted by Gasteiger charge is -2.49. The number of benzene rings is 2. The fourth-order valence-electron chi connectivity index (χ4n) is 6.47. The van der Waals surface area contributed by atoms with Crippen LogP contribution in [0.25, 0.3) is 0 Å². The first-order valence-corrected chi connectivity index (χ1v) is 14.7. The highest BCUT2D eigenvalue weighted by molar-refractivity contribution is 7.99. The number of amides is 2. The number of carbonyl (C=O) groups is 2. The molecule has 1 aliphatic carbocycles. The third-order valence-corrected chi connectivity index (χ3v) is 9.69. The number of hydrogen-bond acceptors (Lipinski definition) is 4. The largest absolute Gasteiger partial charge is 0.490 e. The molecule has 1 spiro atoms. The Hall–Kier alpha value is -2.48. The van der Waals surface area contributed by atoms with E-state index in [-0.39, 0.29) is 30.3 Å². The molecule has 2 aromatic rings. The van der Waals surface area contributed by atoms with E-state index in [0.29, 0.717) is 39.0 Å². The summed E-state index contributed by atoms with van der Waals surface area (Å²) in [6, 6.07) is 8.94. The van der Waals surface area contributed by atoms with Gasteiger partial charge in [0.2, 0.25) is 11.8 Å². The molecule has 0 aromatic heterocycles. The number of ether oxygens (including phenoxy) is 1. The van der Waals surface area contributed by atoms with Crippen molar-refractivity contribution in [1.82, 2.24) is 5.32 Å². The minimum Gasteiger partial charge on any atom is -0.490 e. The Bertz CT molecular complexity index is 1360. The summed E-state index contributed by atoms with van der Waals surface area (Å²) < 4.78 is 20.8. The fourth-order valence-corrected chi connectivity index (χ4v) is 7.96. The highest BCUT2D eigenvalue weighted by atomic mass is 35.5. The van der Waals surface area contributed by atoms with Crippen LogP contribution in [0.5, 0.6) is 5.75 Å². The summed E-state index contributed by atoms with van der Waals surface area (Å²) in [5, 5.41) is 7.19. The van der Waals surface area contributed by atoms with Gasteiger partial charge in [-0.2, -0.15) is 11.8 Å². The lowest BCUT2D eigenvalue weighted by Crippen LogP contribution is -2.59. The van der Waals surface area contributed by atoms with Crippen LogP contribution >= 0.6 is 35.0 Å². The van der Waals surface area contributed by atoms with Gasteiger partial charge in [-0.3, -0.25) is 9.59 Å². The molecule has 4 aliphatic rings. The number of nitrogens with one attached hydrogen (secondary N) is 2. The zero-order valence-corrected chi connectivity index (χ0v) is 22.8. The van der Waals surface area contributed by atoms with E-state index in [0.717, 1.165) is 24.3 Å². The molecule has 2 N–H and O–H groups in total. The maximum Gasteiger partial charge on any atom is 0.237 e. The van der Waals surface area contributed by atoms with Crippen molar-refractivity contribution < 1.29 is 18.7 Å². The topological polar surface area (TPSA) is 67.4 Å². The number of hydrogen-bond donors (Lipinski definition) is 2. The van der Waals surface area contributed by atoms with Crippen LogP contribution < -0.4 is 15.4 Å². The Morgan fingerprint density at radius 3 is 2.66 bits per heavy atom. The number of carbonyl (C=O) groups excluding carboxylic acids is 2. The van der Waals surface area contributed by atoms with Gasteiger partial charge in [0.1, 0.15) is 23.1 Å². The fraction of sp³-hybridized carbons (Fsp3) is 0.379. The normalized spacial score (nSPS) is 29.0. The molecule has 4 atom stereocenters. The molecule has 0 saturated carbocycles. The predicted octanol–water partition coefficient (Wildman–Crippen LogP) is 6.52. The van der Waals surface area contributed by atoms with Gasteiger partial charge in [-0.05, 0) is 84.6 Å². The van der Waals surface area contributed by atoms with E-state index < -0.39 is 23.2 Å². The van der Waals surface area contributed by atoms with Crippen LogP contribution in [0.15, 0.2) is 59.7 Å². The average molecular weight is 574 g/mol. The van der Waals surface area contributed by atoms with Gasteiger partial charge in [-0.1, -0.05) is 41.4 Å². The van der Waals surface area contributed by atoms with Gasteiger partial charge in [-0.25, -0.2) is 4.39 Å². The maximum absolute atomic E-state index is 14.3. The summed E-state index contributed by atoms with van der Waals surface area (Å²) in [5.41, 5.74) is 0.475. The van der Waals surface area contributed by atoms with Crippen LogP contribution in [0.2, 0.25) is 5.02 Å². The molecular formula is C29H27Cl2FN2O3S. The van der Waals surface area contributed by atoms with Gasteiger partial charge in [-0.15, -0.1) is 0 Å². The molecule has 198 valence electrons. The Morgan fingerprint density at radius 2 is 1.87 bits per heavy atom. The first kappa shape index (κ1) is 25.8. The van der Waals surface area contributed by atoms with Crippen LogP contribution in [-0.4, -0.2) is 29.4 Å². The van der Waals surface area contributed by atoms with E-state index in [4.69, 9.17) is 27.9 Å². The van der Waals surface area contributed by atoms with Crippen LogP contribution in [0.1, 0.15) is 42.9 Å². The highest BCUT2D eigenvalue weighted by Gasteiger charge is 2.62. The second-order valence-corrected chi connectivity index (χ2v) is 12.4. The number of piperidine rings is 1. The van der Waals surface area contributed by atoms with E-state index in [9.17, 15) is 14.0 Å². The molecule has 2 aromatic carbocycles. The Kier molecular flexibility index (Phi) is 6.95. The van der Waals surface area contributed by atoms with Crippen molar-refractivity contribution in [2.75, 3.05) is 16.8 Å². The van der Waals surface area contributed by atoms with Crippen molar-refractivity contribution >= 4 is 52.5 Å². The van der Waals surface area contributed by atoms with Gasteiger partial charge in [0.05, 0.1) is 6.04 Å². The van der Waals surface area contributed by atoms with Crippen LogP contribution in [-0.2, 0) is 15.0 Å². The first-order valence-electron chi connectivity index (χ1n) is 12.8. The second kappa shape index (κ2) is 10.2. The standard InChI is InChI=1S/C29H27Cl2FN2O3S/c30-17-3-1-2-16(12-17)23-15-26(35)34-27(29(23)22-6-5-19(32)14-24(22)33-28(29)36)21-13-18(31)4-7-25(21)37-20-8-10-38-11-9-20/h1-7,13-14,16,20,23,27H,8-12,15H2,(H,33,36)(H,34,35)/t16?,23-,27+,29-/m0/s1. The van der Waals surface area contributed by atoms with Crippen molar-refractivity contribution in [1.29, 1.82) is 0 Å². The number of allylic oxidation sites excluding steroid dienone is 4. The molecule has 0 bridgehead atoms. The number of halogens is 3. The van der Waals surface area contributed by atoms with Crippen molar-refractivity contribution in [2.45, 2.75) is 43.2 Å². The maximum atomic E-state index is 14.3. The molecule has 6 rings (SSSR count). The highest BCUT2D eigenvalue weighted by Crippen LogP contribution is 2.58. The van der Waals surface area contributed by atoms with Gasteiger partial charge in [0, 0.05) is 27.7 Å². The molecule has 0 radical (unpaired) electrons. The summed E-state index contributed by atoms with van der Waals surface area (Å²) in [7, 11) is 0. The first-order chi connectivity index (χ1) is 18.4. The molecular weight excluding hydrogens is 546 g/mol. The predicted molar refractivity (Wildman–Crippen MR) is 149 cm³/mol. The molecule has 2 saturated heterocycles. The Morgan fingerprint density at radius 1 is 1.05 bits per heavy atom. The summed E-state index contributed by atoms with van der Waals surface area (Å²) >= 11 is 14.9. The number of anilines is 1. The van der Waals surface area contributed by atoms with E-state index in [1.807, 2.05) is 36.1 Å². The lowest BCUT2D eigenvalue weighted by molar-refractivity contribution is -0.135. The molecule has 2 fully saturated rings. The summed E-state index contributed by atoms with van der Waals surface area (Å²) in [6.45, 7) is 0. The van der Waals surface area contributed by atoms with Gasteiger partial charge in [0.25, 0.3) is 0 Å². The summed E-state index contributed by atoms with van der Waals surface area (Å²) in [4.78, 5) is 27.5. The van der Waals surface area contributed by atoms with E-state index in [1.54, 1.807) is 18.2 Å². The average Bonchev–Trinajstić information content (AvgIpc) is 3.18. The third-order valence-electron chi connectivity index (χ3n) is 8.13. The SMILES string of the molecule is O=C1C[C@@H](C2C=CC=C(Cl)C2)[C@]2(C(=O)Nc3cc(F)ccc32)[C@@H](c2cc(Cl)ccc2OC2CCSCC2)N1. The second-order valence-electron chi connectivity index (χ2n) is 10.3. The van der Waals surface area contributed by atoms with Crippen molar-refractivity contribution in [3.63, 3.8) is 0 Å². The summed E-state index contributed by atoms with van der Waals surface area (Å²) in [6.07, 6.45) is 8.20. The lowest BCUT2D eigenvalue weighted by atomic mass is 9.57. The quantitative estimate of drug-likeness (QED) is 0.437. The number of fused-ring (bicyclic) bond motifs is 2. The minimum absolute atomic E-state index is 0.0335. The van der Waals surface area contributed by atoms with E-state index >= 15 is 0 Å². The smallest absolute Gasteiger partial charge is 0.237 e. The Labute approximate surface area is 235 Å². The monoisotopic (exact) mass is 572 g/mol. The van der Waals surface area contributed by atoms with Gasteiger partial charge >= 0.3 is 0 Å². The minimum atomic E-state index is -1.23. The molecule has 5 nitrogen and oxygen atoms in total. The van der Waals surface area contributed by atoms with Crippen molar-refractivity contribution in [2.24, 2.45) is 11.8 Å². The van der Waals surface area contributed by atoms with Crippen LogP contribution in [0, 0.1) is 17.7 Å². The van der Waals surface area contributed by atoms with E-state index in [1.165, 1.54) is 12.1 Å². The zero-order valence-electron chi connectivity index (χ0n) is 20.5. The van der Waals surface area contributed by atoms with Crippen LogP contribution in [0.4, 0.5) is 10.1 Å². The zero-order chi connectivity index (χ0) is 26.4. The Balaban J connectivity index is 1.54. The van der Waals surface area contributed by atoms with E-state index in [2.05, 4.69) is 10.6 Å². The third kappa shape index (κ3) is 4.42. The molecule has 9 heteroatoms.